The molecule has 0 aliphatic rings. The van der Waals surface area contributed by atoms with Crippen LogP contribution in [0.2, 0.25) is 0 Å². The van der Waals surface area contributed by atoms with E-state index in [4.69, 9.17) is 5.73 Å². The second-order valence-corrected chi connectivity index (χ2v) is 7.40. The van der Waals surface area contributed by atoms with Crippen LogP contribution in [0.4, 0.5) is 11.9 Å². The minimum Gasteiger partial charge on any atom is -0.369 e. The number of nitrogens with two attached hydrogens (primary N) is 1. The monoisotopic (exact) mass is 423 g/mol. The zero-order valence-corrected chi connectivity index (χ0v) is 16.0. The Kier molecular flexibility index (Phi) is 5.18. The van der Waals surface area contributed by atoms with Crippen LogP contribution >= 0.6 is 22.7 Å². The number of aromatic nitrogens is 6. The van der Waals surface area contributed by atoms with Crippen molar-refractivity contribution in [3.8, 4) is 0 Å². The molecule has 13 nitrogen and oxygen atoms in total. The van der Waals surface area contributed by atoms with E-state index in [1.165, 1.54) is 6.34 Å². The molecule has 4 rings (SSSR count). The lowest BCUT2D eigenvalue weighted by atomic mass is 10.6. The molecule has 4 aromatic heterocycles. The minimum absolute atomic E-state index is 0.00144. The molecule has 0 radical (unpaired) electrons. The average molecular weight is 423 g/mol. The Morgan fingerprint density at radius 2 is 1.43 bits per heavy atom. The molecule has 4 heterocycles. The van der Waals surface area contributed by atoms with Crippen LogP contribution in [-0.2, 0) is 0 Å². The third-order valence-electron chi connectivity index (χ3n) is 3.00. The summed E-state index contributed by atoms with van der Waals surface area (Å²) in [5.41, 5.74) is 5.01. The summed E-state index contributed by atoms with van der Waals surface area (Å²) in [6.45, 7) is 0. The Labute approximate surface area is 161 Å². The van der Waals surface area contributed by atoms with Crippen LogP contribution in [0, 0.1) is 0 Å². The SMILES string of the molecule is CN(C)C=Nc1nc2[nH]c(=O)sc2c(=O)[nH]1.Nc1nc2[nH]c(=O)sc2c(=O)[nH]1. The molecule has 146 valence electrons. The molecule has 0 fully saturated rings. The predicted octanol–water partition coefficient (Wildman–Crippen LogP) is -0.851. The molecule has 15 heteroatoms. The van der Waals surface area contributed by atoms with Crippen LogP contribution in [0.25, 0.3) is 20.7 Å². The molecule has 0 aliphatic heterocycles. The maximum Gasteiger partial charge on any atom is 0.306 e. The van der Waals surface area contributed by atoms with E-state index < -0.39 is 0 Å². The van der Waals surface area contributed by atoms with Gasteiger partial charge in [0.05, 0.1) is 6.34 Å². The van der Waals surface area contributed by atoms with Gasteiger partial charge in [-0.1, -0.05) is 22.7 Å². The van der Waals surface area contributed by atoms with E-state index in [-0.39, 0.29) is 53.5 Å². The number of nitrogens with one attached hydrogen (secondary N) is 4. The van der Waals surface area contributed by atoms with E-state index in [9.17, 15) is 19.2 Å². The van der Waals surface area contributed by atoms with Gasteiger partial charge in [-0.25, -0.2) is 4.99 Å². The largest absolute Gasteiger partial charge is 0.369 e. The van der Waals surface area contributed by atoms with Gasteiger partial charge in [0, 0.05) is 14.1 Å². The van der Waals surface area contributed by atoms with Crippen molar-refractivity contribution in [3.05, 3.63) is 40.0 Å². The highest BCUT2D eigenvalue weighted by Gasteiger charge is 2.07. The van der Waals surface area contributed by atoms with Gasteiger partial charge in [-0.3, -0.25) is 39.1 Å². The van der Waals surface area contributed by atoms with Crippen LogP contribution in [-0.4, -0.2) is 55.2 Å². The number of fused-ring (bicyclic) bond motifs is 2. The van der Waals surface area contributed by atoms with Gasteiger partial charge in [0.15, 0.2) is 11.3 Å². The van der Waals surface area contributed by atoms with Gasteiger partial charge in [-0.05, 0) is 0 Å². The topological polar surface area (TPSA) is 199 Å². The fourth-order valence-electron chi connectivity index (χ4n) is 1.95. The summed E-state index contributed by atoms with van der Waals surface area (Å²) in [6.07, 6.45) is 1.51. The van der Waals surface area contributed by atoms with E-state index in [1.807, 2.05) is 0 Å². The Balaban J connectivity index is 0.000000167. The van der Waals surface area contributed by atoms with Crippen LogP contribution in [0.5, 0.6) is 0 Å². The normalized spacial score (nSPS) is 11.1. The van der Waals surface area contributed by atoms with Gasteiger partial charge in [-0.2, -0.15) is 9.97 Å². The number of nitrogen functional groups attached to an aromatic ring is 1. The van der Waals surface area contributed by atoms with Gasteiger partial charge in [0.1, 0.15) is 9.40 Å². The lowest BCUT2D eigenvalue weighted by molar-refractivity contribution is 0.642. The maximum atomic E-state index is 11.5. The highest BCUT2D eigenvalue weighted by Crippen LogP contribution is 2.09. The smallest absolute Gasteiger partial charge is 0.306 e. The lowest BCUT2D eigenvalue weighted by Crippen LogP contribution is -2.09. The molecule has 0 aromatic carbocycles. The summed E-state index contributed by atoms with van der Waals surface area (Å²) in [4.78, 5) is 66.8. The molecule has 0 unspecified atom stereocenters. The van der Waals surface area contributed by atoms with Gasteiger partial charge < -0.3 is 10.6 Å². The van der Waals surface area contributed by atoms with Crippen LogP contribution in [0.1, 0.15) is 0 Å². The van der Waals surface area contributed by atoms with Crippen molar-refractivity contribution in [2.75, 3.05) is 19.8 Å². The number of hydrogen-bond donors (Lipinski definition) is 5. The first kappa shape index (κ1) is 19.2. The predicted molar refractivity (Wildman–Crippen MR) is 108 cm³/mol. The summed E-state index contributed by atoms with van der Waals surface area (Å²) >= 11 is 1.65. The zero-order valence-electron chi connectivity index (χ0n) is 14.4. The van der Waals surface area contributed by atoms with E-state index in [0.29, 0.717) is 0 Å². The van der Waals surface area contributed by atoms with Crippen LogP contribution < -0.4 is 26.6 Å². The van der Waals surface area contributed by atoms with Crippen molar-refractivity contribution >= 4 is 61.6 Å². The minimum atomic E-state index is -0.388. The first-order valence-corrected chi connectivity index (χ1v) is 9.08. The number of aromatic amines is 4. The van der Waals surface area contributed by atoms with E-state index in [2.05, 4.69) is 34.9 Å². The van der Waals surface area contributed by atoms with Crippen molar-refractivity contribution in [1.82, 2.24) is 34.8 Å². The molecule has 0 aliphatic carbocycles. The molecule has 6 N–H and O–H groups in total. The van der Waals surface area contributed by atoms with Crippen molar-refractivity contribution in [2.24, 2.45) is 4.99 Å². The van der Waals surface area contributed by atoms with Crippen LogP contribution in [0.15, 0.2) is 24.2 Å². The average Bonchev–Trinajstić information content (AvgIpc) is 3.15. The second-order valence-electron chi connectivity index (χ2n) is 5.43. The van der Waals surface area contributed by atoms with E-state index in [0.717, 1.165) is 22.7 Å². The van der Waals surface area contributed by atoms with E-state index in [1.54, 1.807) is 19.0 Å². The summed E-state index contributed by atoms with van der Waals surface area (Å²) in [5.74, 6) is 0.168. The van der Waals surface area contributed by atoms with Crippen molar-refractivity contribution < 1.29 is 0 Å². The maximum absolute atomic E-state index is 11.5. The zero-order chi connectivity index (χ0) is 20.4. The third-order valence-corrected chi connectivity index (χ3v) is 4.74. The number of anilines is 1. The molecule has 0 saturated carbocycles. The van der Waals surface area contributed by atoms with E-state index >= 15 is 0 Å². The second kappa shape index (κ2) is 7.57. The van der Waals surface area contributed by atoms with Gasteiger partial charge in [-0.15, -0.1) is 0 Å². The molecule has 4 aromatic rings. The van der Waals surface area contributed by atoms with Gasteiger partial charge >= 0.3 is 9.75 Å². The Hall–Kier alpha value is -3.59. The standard InChI is InChI=1S/C8H9N5O2S.C5H4N4O2S/c1-13(2)3-9-7-10-5-4(6(14)12-7)16-8(15)11-5;6-4-7-2-1(3(10)9-4)12-5(11)8-2/h3H,1-2H3,(H2,10,11,12,14,15);(H4,6,7,8,9,10,11). The Morgan fingerprint density at radius 3 is 2.00 bits per heavy atom. The Bertz CT molecular complexity index is 1400. The molecular formula is C13H13N9O4S2. The fourth-order valence-corrected chi connectivity index (χ4v) is 3.29. The number of nitrogens with zero attached hydrogens (tertiary/aromatic N) is 4. The summed E-state index contributed by atoms with van der Waals surface area (Å²) in [6, 6.07) is 0. The van der Waals surface area contributed by atoms with Gasteiger partial charge in [0.2, 0.25) is 11.9 Å². The number of H-pyrrole nitrogens is 4. The quantitative estimate of drug-likeness (QED) is 0.203. The number of hydrogen-bond acceptors (Lipinski definition) is 10. The number of thiazole rings is 2. The Morgan fingerprint density at radius 1 is 0.893 bits per heavy atom. The van der Waals surface area contributed by atoms with Crippen molar-refractivity contribution in [3.63, 3.8) is 0 Å². The van der Waals surface area contributed by atoms with Crippen molar-refractivity contribution in [1.29, 1.82) is 0 Å². The van der Waals surface area contributed by atoms with Crippen LogP contribution in [0.3, 0.4) is 0 Å². The fraction of sp³-hybridized carbons (Fsp3) is 0.154. The first-order chi connectivity index (χ1) is 13.2. The number of aliphatic imine (C=N–C) groups is 1. The lowest BCUT2D eigenvalue weighted by Gasteiger charge is -2.01. The summed E-state index contributed by atoms with van der Waals surface area (Å²) in [5, 5.41) is 0. The molecule has 0 saturated heterocycles. The van der Waals surface area contributed by atoms with Gasteiger partial charge in [0.25, 0.3) is 11.1 Å². The summed E-state index contributed by atoms with van der Waals surface area (Å²) < 4.78 is 0.558. The summed E-state index contributed by atoms with van der Waals surface area (Å²) in [7, 11) is 3.60. The molecule has 0 spiro atoms. The molecule has 0 atom stereocenters. The third kappa shape index (κ3) is 4.21. The molecular weight excluding hydrogens is 410 g/mol. The van der Waals surface area contributed by atoms with Crippen molar-refractivity contribution in [2.45, 2.75) is 0 Å². The molecule has 28 heavy (non-hydrogen) atoms. The molecule has 0 bridgehead atoms. The highest BCUT2D eigenvalue weighted by atomic mass is 32.1. The molecule has 0 amide bonds. The first-order valence-electron chi connectivity index (χ1n) is 7.45. The number of rotatable bonds is 2. The highest BCUT2D eigenvalue weighted by molar-refractivity contribution is 7.16.